The number of Topliss-reactive ketones (excluding diaryl/α,β-unsaturated/α-hetero) is 1. The Morgan fingerprint density at radius 2 is 2.19 bits per heavy atom. The van der Waals surface area contributed by atoms with Crippen molar-refractivity contribution in [3.63, 3.8) is 0 Å². The van der Waals surface area contributed by atoms with Gasteiger partial charge in [-0.25, -0.2) is 0 Å². The van der Waals surface area contributed by atoms with Crippen LogP contribution in [0.4, 0.5) is 5.69 Å². The van der Waals surface area contributed by atoms with E-state index in [-0.39, 0.29) is 23.7 Å². The molecule has 2 amide bonds. The Balaban J connectivity index is 1.34. The number of amides is 2. The molecule has 2 N–H and O–H groups in total. The fourth-order valence-corrected chi connectivity index (χ4v) is 4.28. The lowest BCUT2D eigenvalue weighted by Gasteiger charge is -2.13. The molecule has 0 spiro atoms. The number of carbonyl (C=O) groups excluding carboxylic acids is 3. The molecule has 1 aliphatic carbocycles. The second-order valence-corrected chi connectivity index (χ2v) is 7.60. The fourth-order valence-electron chi connectivity index (χ4n) is 4.28. The number of fused-ring (bicyclic) bond motifs is 2. The second-order valence-electron chi connectivity index (χ2n) is 7.60. The van der Waals surface area contributed by atoms with Crippen molar-refractivity contribution >= 4 is 23.3 Å². The van der Waals surface area contributed by atoms with E-state index in [4.69, 9.17) is 9.47 Å². The topological polar surface area (TPSA) is 93.7 Å². The van der Waals surface area contributed by atoms with Crippen LogP contribution in [0, 0.1) is 17.3 Å². The molecule has 7 nitrogen and oxygen atoms in total. The van der Waals surface area contributed by atoms with Gasteiger partial charge in [0.05, 0.1) is 42.3 Å². The van der Waals surface area contributed by atoms with Gasteiger partial charge in [0, 0.05) is 18.7 Å². The molecule has 1 aromatic rings. The smallest absolute Gasteiger partial charge is 0.229 e. The minimum atomic E-state index is -0.987. The van der Waals surface area contributed by atoms with Crippen LogP contribution in [-0.2, 0) is 19.1 Å². The van der Waals surface area contributed by atoms with Crippen molar-refractivity contribution < 1.29 is 23.9 Å². The molecule has 0 unspecified atom stereocenters. The van der Waals surface area contributed by atoms with Crippen LogP contribution in [0.15, 0.2) is 24.3 Å². The average molecular weight is 372 g/mol. The van der Waals surface area contributed by atoms with Crippen LogP contribution < -0.4 is 10.6 Å². The lowest BCUT2D eigenvalue weighted by Crippen LogP contribution is -2.32. The van der Waals surface area contributed by atoms with Gasteiger partial charge in [-0.05, 0) is 25.0 Å². The first-order chi connectivity index (χ1) is 13.0. The summed E-state index contributed by atoms with van der Waals surface area (Å²) < 4.78 is 11.0. The summed E-state index contributed by atoms with van der Waals surface area (Å²) in [4.78, 5) is 38.1. The fraction of sp³-hybridized carbons (Fsp3) is 0.550. The first-order valence-corrected chi connectivity index (χ1v) is 9.45. The molecular weight excluding hydrogens is 348 g/mol. The van der Waals surface area contributed by atoms with Gasteiger partial charge in [0.15, 0.2) is 5.78 Å². The van der Waals surface area contributed by atoms with Gasteiger partial charge in [0.1, 0.15) is 0 Å². The van der Waals surface area contributed by atoms with Gasteiger partial charge in [-0.3, -0.25) is 14.4 Å². The van der Waals surface area contributed by atoms with E-state index in [1.165, 1.54) is 0 Å². The van der Waals surface area contributed by atoms with Crippen molar-refractivity contribution in [1.82, 2.24) is 5.32 Å². The Hall–Kier alpha value is -2.25. The molecule has 3 aliphatic rings. The summed E-state index contributed by atoms with van der Waals surface area (Å²) in [5, 5.41) is 5.58. The van der Waals surface area contributed by atoms with E-state index in [0.29, 0.717) is 31.0 Å². The van der Waals surface area contributed by atoms with Crippen molar-refractivity contribution in [2.75, 3.05) is 31.7 Å². The van der Waals surface area contributed by atoms with Crippen molar-refractivity contribution in [2.24, 2.45) is 17.3 Å². The lowest BCUT2D eigenvalue weighted by atomic mass is 9.92. The largest absolute Gasteiger partial charge is 0.377 e. The highest BCUT2D eigenvalue weighted by atomic mass is 16.5. The number of rotatable bonds is 6. The lowest BCUT2D eigenvalue weighted by molar-refractivity contribution is -0.125. The van der Waals surface area contributed by atoms with Gasteiger partial charge in [-0.1, -0.05) is 19.1 Å². The van der Waals surface area contributed by atoms with Gasteiger partial charge in [0.2, 0.25) is 11.8 Å². The van der Waals surface area contributed by atoms with Crippen LogP contribution in [0.2, 0.25) is 0 Å². The van der Waals surface area contributed by atoms with E-state index in [1.54, 1.807) is 31.2 Å². The molecule has 4 atom stereocenters. The third-order valence-electron chi connectivity index (χ3n) is 5.87. The molecule has 0 radical (unpaired) electrons. The summed E-state index contributed by atoms with van der Waals surface area (Å²) in [6, 6.07) is 6.93. The van der Waals surface area contributed by atoms with Crippen LogP contribution in [0.5, 0.6) is 0 Å². The van der Waals surface area contributed by atoms with Crippen molar-refractivity contribution in [1.29, 1.82) is 0 Å². The third kappa shape index (κ3) is 3.15. The summed E-state index contributed by atoms with van der Waals surface area (Å²) in [7, 11) is 0. The molecule has 2 aliphatic heterocycles. The van der Waals surface area contributed by atoms with Crippen molar-refractivity contribution in [2.45, 2.75) is 25.9 Å². The summed E-state index contributed by atoms with van der Waals surface area (Å²) in [6.07, 6.45) is 2.22. The van der Waals surface area contributed by atoms with Crippen molar-refractivity contribution in [3.05, 3.63) is 29.8 Å². The summed E-state index contributed by atoms with van der Waals surface area (Å²) >= 11 is 0. The number of nitrogens with one attached hydrogen (secondary N) is 2. The second kappa shape index (κ2) is 7.05. The Labute approximate surface area is 157 Å². The van der Waals surface area contributed by atoms with Crippen LogP contribution in [-0.4, -0.2) is 50.1 Å². The summed E-state index contributed by atoms with van der Waals surface area (Å²) in [5.41, 5.74) is -0.00655. The Morgan fingerprint density at radius 1 is 1.37 bits per heavy atom. The van der Waals surface area contributed by atoms with Gasteiger partial charge in [0.25, 0.3) is 0 Å². The molecule has 2 fully saturated rings. The van der Waals surface area contributed by atoms with E-state index in [9.17, 15) is 14.4 Å². The van der Waals surface area contributed by atoms with Gasteiger partial charge < -0.3 is 20.1 Å². The number of hydrogen-bond acceptors (Lipinski definition) is 5. The molecule has 7 heteroatoms. The molecule has 144 valence electrons. The first kappa shape index (κ1) is 18.1. The van der Waals surface area contributed by atoms with E-state index in [1.807, 2.05) is 0 Å². The van der Waals surface area contributed by atoms with Crippen molar-refractivity contribution in [3.8, 4) is 0 Å². The highest BCUT2D eigenvalue weighted by Gasteiger charge is 2.73. The highest BCUT2D eigenvalue weighted by molar-refractivity contribution is 6.19. The minimum Gasteiger partial charge on any atom is -0.377 e. The molecule has 4 rings (SSSR count). The minimum absolute atomic E-state index is 0.149. The highest BCUT2D eigenvalue weighted by Crippen LogP contribution is 2.62. The number of ketones is 1. The van der Waals surface area contributed by atoms with E-state index in [2.05, 4.69) is 10.6 Å². The maximum Gasteiger partial charge on any atom is 0.229 e. The zero-order valence-corrected chi connectivity index (χ0v) is 15.3. The maximum atomic E-state index is 13.0. The molecule has 1 saturated carbocycles. The SMILES string of the molecule is C[C@]12C(=O)c3ccccc3NC(=O)[C@H]1[C@H]2C(=O)NCCOC[C@H]1CCCO1. The van der Waals surface area contributed by atoms with Crippen LogP contribution in [0.25, 0.3) is 0 Å². The standard InChI is InChI=1S/C20H24N2O5/c1-20-15(18(24)21-8-10-26-11-12-5-4-9-27-12)16(20)19(25)22-14-7-3-2-6-13(14)17(20)23/h2-3,6-7,12,15-16H,4-5,8-11H2,1H3,(H,21,24)(H,22,25)/t12-,15+,16-,20-/m1/s1. The Bertz CT molecular complexity index is 773. The number of ether oxygens (including phenoxy) is 2. The summed E-state index contributed by atoms with van der Waals surface area (Å²) in [6.45, 7) is 3.74. The quantitative estimate of drug-likeness (QED) is 0.736. The zero-order chi connectivity index (χ0) is 19.0. The first-order valence-electron chi connectivity index (χ1n) is 9.45. The molecule has 27 heavy (non-hydrogen) atoms. The van der Waals surface area contributed by atoms with Crippen LogP contribution in [0.3, 0.4) is 0 Å². The monoisotopic (exact) mass is 372 g/mol. The van der Waals surface area contributed by atoms with E-state index < -0.39 is 17.3 Å². The molecule has 1 saturated heterocycles. The molecule has 0 bridgehead atoms. The summed E-state index contributed by atoms with van der Waals surface area (Å²) in [5.74, 6) is -1.98. The van der Waals surface area contributed by atoms with Crippen LogP contribution in [0.1, 0.15) is 30.1 Å². The van der Waals surface area contributed by atoms with Crippen LogP contribution >= 0.6 is 0 Å². The van der Waals surface area contributed by atoms with Gasteiger partial charge in [-0.2, -0.15) is 0 Å². The number of para-hydroxylation sites is 1. The number of carbonyl (C=O) groups is 3. The van der Waals surface area contributed by atoms with Gasteiger partial charge >= 0.3 is 0 Å². The normalized spacial score (nSPS) is 31.5. The van der Waals surface area contributed by atoms with E-state index in [0.717, 1.165) is 19.4 Å². The Kier molecular flexibility index (Phi) is 4.74. The van der Waals surface area contributed by atoms with E-state index >= 15 is 0 Å². The third-order valence-corrected chi connectivity index (χ3v) is 5.87. The maximum absolute atomic E-state index is 13.0. The predicted molar refractivity (Wildman–Crippen MR) is 97.3 cm³/mol. The number of benzene rings is 1. The number of hydrogen-bond donors (Lipinski definition) is 2. The molecule has 0 aromatic heterocycles. The number of anilines is 1. The zero-order valence-electron chi connectivity index (χ0n) is 15.3. The molecule has 2 heterocycles. The molecule has 1 aromatic carbocycles. The average Bonchev–Trinajstić information content (AvgIpc) is 3.02. The predicted octanol–water partition coefficient (Wildman–Crippen LogP) is 1.39. The Morgan fingerprint density at radius 3 is 2.96 bits per heavy atom. The van der Waals surface area contributed by atoms with Gasteiger partial charge in [-0.15, -0.1) is 0 Å². The molecular formula is C20H24N2O5.